The zero-order chi connectivity index (χ0) is 23.6. The Morgan fingerprint density at radius 1 is 1.06 bits per heavy atom. The van der Waals surface area contributed by atoms with E-state index in [1.165, 1.54) is 18.2 Å². The maximum atomic E-state index is 13.0. The minimum absolute atomic E-state index is 0.177. The van der Waals surface area contributed by atoms with Crippen LogP contribution in [0.25, 0.3) is 22.4 Å². The quantitative estimate of drug-likeness (QED) is 0.415. The van der Waals surface area contributed by atoms with Crippen LogP contribution in [0.3, 0.4) is 0 Å². The fraction of sp³-hybridized carbons (Fsp3) is 0.130. The number of hydrogen-bond acceptors (Lipinski definition) is 4. The molecule has 0 saturated heterocycles. The molecule has 0 saturated carbocycles. The number of H-pyrrole nitrogens is 1. The van der Waals surface area contributed by atoms with Crippen LogP contribution >= 0.6 is 0 Å². The van der Waals surface area contributed by atoms with E-state index in [4.69, 9.17) is 5.73 Å². The first-order chi connectivity index (χ1) is 15.7. The molecule has 4 aromatic rings. The van der Waals surface area contributed by atoms with Crippen molar-refractivity contribution >= 4 is 22.8 Å². The molecule has 0 spiro atoms. The highest BCUT2D eigenvalue weighted by Gasteiger charge is 2.31. The van der Waals surface area contributed by atoms with Crippen LogP contribution in [0.4, 0.5) is 13.2 Å². The predicted molar refractivity (Wildman–Crippen MR) is 115 cm³/mol. The van der Waals surface area contributed by atoms with E-state index in [1.54, 1.807) is 36.7 Å². The number of alkyl halides is 3. The predicted octanol–water partition coefficient (Wildman–Crippen LogP) is 3.47. The van der Waals surface area contributed by atoms with Crippen molar-refractivity contribution in [1.82, 2.24) is 20.3 Å². The number of carbonyl (C=O) groups is 2. The summed E-state index contributed by atoms with van der Waals surface area (Å²) >= 11 is 0. The van der Waals surface area contributed by atoms with Gasteiger partial charge in [0.25, 0.3) is 5.91 Å². The summed E-state index contributed by atoms with van der Waals surface area (Å²) in [6, 6.07) is 11.7. The van der Waals surface area contributed by atoms with Gasteiger partial charge in [0.1, 0.15) is 11.9 Å². The van der Waals surface area contributed by atoms with Crippen molar-refractivity contribution in [1.29, 1.82) is 0 Å². The number of halogens is 3. The zero-order valence-electron chi connectivity index (χ0n) is 17.1. The average molecular weight is 453 g/mol. The molecule has 1 atom stereocenters. The van der Waals surface area contributed by atoms with Gasteiger partial charge < -0.3 is 16.0 Å². The molecular formula is C23H18F3N5O2. The number of nitrogens with one attached hydrogen (secondary N) is 2. The number of hydrogen-bond donors (Lipinski definition) is 3. The third-order valence-corrected chi connectivity index (χ3v) is 5.04. The van der Waals surface area contributed by atoms with Crippen LogP contribution in [0.5, 0.6) is 0 Å². The summed E-state index contributed by atoms with van der Waals surface area (Å²) in [7, 11) is 0. The third-order valence-electron chi connectivity index (χ3n) is 5.04. The van der Waals surface area contributed by atoms with Gasteiger partial charge in [0.2, 0.25) is 5.91 Å². The van der Waals surface area contributed by atoms with E-state index in [9.17, 15) is 22.8 Å². The Balaban J connectivity index is 1.53. The van der Waals surface area contributed by atoms with Crippen molar-refractivity contribution in [3.63, 3.8) is 0 Å². The number of fused-ring (bicyclic) bond motifs is 1. The molecule has 4 rings (SSSR count). The summed E-state index contributed by atoms with van der Waals surface area (Å²) < 4.78 is 38.9. The SMILES string of the molecule is NC(=O)[C@H](Cc1cccc(C(F)(F)F)c1)NC(=O)c1ccc2nc(-c3ccncc3)[nH]c2c1. The van der Waals surface area contributed by atoms with Gasteiger partial charge >= 0.3 is 6.18 Å². The lowest BCUT2D eigenvalue weighted by molar-refractivity contribution is -0.137. The van der Waals surface area contributed by atoms with E-state index >= 15 is 0 Å². The average Bonchev–Trinajstić information content (AvgIpc) is 3.22. The number of aromatic nitrogens is 3. The summed E-state index contributed by atoms with van der Waals surface area (Å²) in [4.78, 5) is 36.2. The molecule has 0 bridgehead atoms. The summed E-state index contributed by atoms with van der Waals surface area (Å²) in [5.74, 6) is -0.847. The molecule has 0 fully saturated rings. The molecular weight excluding hydrogens is 435 g/mol. The summed E-state index contributed by atoms with van der Waals surface area (Å²) in [6.07, 6.45) is -1.43. The number of rotatable bonds is 6. The van der Waals surface area contributed by atoms with Crippen molar-refractivity contribution in [3.05, 3.63) is 83.7 Å². The van der Waals surface area contributed by atoms with E-state index in [-0.39, 0.29) is 17.5 Å². The van der Waals surface area contributed by atoms with Gasteiger partial charge in [0.15, 0.2) is 0 Å². The number of primary amides is 1. The topological polar surface area (TPSA) is 114 Å². The standard InChI is InChI=1S/C23H18F3N5O2/c24-23(25,26)16-3-1-2-13(10-16)11-19(20(27)32)31-22(33)15-4-5-17-18(12-15)30-21(29-17)14-6-8-28-9-7-14/h1-10,12,19H,11H2,(H2,27,32)(H,29,30)(H,31,33)/t19-/m0/s1. The zero-order valence-corrected chi connectivity index (χ0v) is 17.1. The van der Waals surface area contributed by atoms with Crippen molar-refractivity contribution in [2.75, 3.05) is 0 Å². The van der Waals surface area contributed by atoms with E-state index in [0.717, 1.165) is 17.7 Å². The Morgan fingerprint density at radius 3 is 2.52 bits per heavy atom. The smallest absolute Gasteiger partial charge is 0.368 e. The molecule has 2 heterocycles. The second kappa shape index (κ2) is 8.73. The Kier molecular flexibility index (Phi) is 5.82. The normalized spacial score (nSPS) is 12.5. The molecule has 7 nitrogen and oxygen atoms in total. The Labute approximate surface area is 185 Å². The molecule has 0 radical (unpaired) electrons. The first-order valence-electron chi connectivity index (χ1n) is 9.87. The molecule has 0 aliphatic carbocycles. The number of pyridine rings is 1. The molecule has 33 heavy (non-hydrogen) atoms. The van der Waals surface area contributed by atoms with Gasteiger partial charge in [-0.05, 0) is 42.0 Å². The molecule has 0 aliphatic heterocycles. The third kappa shape index (κ3) is 5.00. The van der Waals surface area contributed by atoms with Crippen LogP contribution < -0.4 is 11.1 Å². The van der Waals surface area contributed by atoms with Gasteiger partial charge in [-0.15, -0.1) is 0 Å². The first-order valence-corrected chi connectivity index (χ1v) is 9.87. The van der Waals surface area contributed by atoms with Crippen LogP contribution in [0.1, 0.15) is 21.5 Å². The summed E-state index contributed by atoms with van der Waals surface area (Å²) in [6.45, 7) is 0. The number of nitrogens with two attached hydrogens (primary N) is 1. The molecule has 168 valence electrons. The summed E-state index contributed by atoms with van der Waals surface area (Å²) in [5, 5.41) is 2.51. The lowest BCUT2D eigenvalue weighted by Gasteiger charge is -2.16. The van der Waals surface area contributed by atoms with Gasteiger partial charge in [-0.25, -0.2) is 4.98 Å². The fourth-order valence-corrected chi connectivity index (χ4v) is 3.37. The minimum Gasteiger partial charge on any atom is -0.368 e. The monoisotopic (exact) mass is 453 g/mol. The first kappa shape index (κ1) is 22.0. The van der Waals surface area contributed by atoms with Crippen LogP contribution in [-0.2, 0) is 17.4 Å². The number of carbonyl (C=O) groups excluding carboxylic acids is 2. The highest BCUT2D eigenvalue weighted by Crippen LogP contribution is 2.29. The van der Waals surface area contributed by atoms with E-state index < -0.39 is 29.6 Å². The van der Waals surface area contributed by atoms with Crippen LogP contribution in [0.15, 0.2) is 67.0 Å². The van der Waals surface area contributed by atoms with Crippen LogP contribution in [0, 0.1) is 0 Å². The highest BCUT2D eigenvalue weighted by atomic mass is 19.4. The Morgan fingerprint density at radius 2 is 1.82 bits per heavy atom. The lowest BCUT2D eigenvalue weighted by Crippen LogP contribution is -2.45. The van der Waals surface area contributed by atoms with Gasteiger partial charge in [-0.1, -0.05) is 18.2 Å². The van der Waals surface area contributed by atoms with Gasteiger partial charge in [0.05, 0.1) is 16.6 Å². The van der Waals surface area contributed by atoms with Crippen molar-refractivity contribution in [3.8, 4) is 11.4 Å². The Hall–Kier alpha value is -4.21. The molecule has 0 aliphatic rings. The van der Waals surface area contributed by atoms with E-state index in [2.05, 4.69) is 20.3 Å². The highest BCUT2D eigenvalue weighted by molar-refractivity contribution is 6.00. The number of benzene rings is 2. The number of aromatic amines is 1. The molecule has 4 N–H and O–H groups in total. The van der Waals surface area contributed by atoms with Crippen LogP contribution in [0.2, 0.25) is 0 Å². The van der Waals surface area contributed by atoms with E-state index in [0.29, 0.717) is 16.9 Å². The lowest BCUT2D eigenvalue weighted by atomic mass is 10.0. The summed E-state index contributed by atoms with van der Waals surface area (Å²) in [5.41, 5.74) is 7.07. The fourth-order valence-electron chi connectivity index (χ4n) is 3.37. The van der Waals surface area contributed by atoms with E-state index in [1.807, 2.05) is 0 Å². The largest absolute Gasteiger partial charge is 0.416 e. The number of imidazole rings is 1. The number of amides is 2. The van der Waals surface area contributed by atoms with Crippen molar-refractivity contribution in [2.24, 2.45) is 5.73 Å². The molecule has 10 heteroatoms. The second-order valence-corrected chi connectivity index (χ2v) is 7.38. The van der Waals surface area contributed by atoms with Gasteiger partial charge in [-0.3, -0.25) is 14.6 Å². The molecule has 2 aromatic carbocycles. The van der Waals surface area contributed by atoms with Crippen LogP contribution in [-0.4, -0.2) is 32.8 Å². The van der Waals surface area contributed by atoms with Gasteiger partial charge in [-0.2, -0.15) is 13.2 Å². The van der Waals surface area contributed by atoms with Crippen molar-refractivity contribution in [2.45, 2.75) is 18.6 Å². The minimum atomic E-state index is -4.52. The maximum absolute atomic E-state index is 13.0. The molecule has 0 unspecified atom stereocenters. The number of nitrogens with zero attached hydrogens (tertiary/aromatic N) is 2. The Bertz CT molecular complexity index is 1320. The maximum Gasteiger partial charge on any atom is 0.416 e. The molecule has 2 aromatic heterocycles. The molecule has 2 amide bonds. The van der Waals surface area contributed by atoms with Gasteiger partial charge in [0, 0.05) is 29.9 Å². The van der Waals surface area contributed by atoms with Crippen molar-refractivity contribution < 1.29 is 22.8 Å². The second-order valence-electron chi connectivity index (χ2n) is 7.38.